The van der Waals surface area contributed by atoms with Gasteiger partial charge in [0.1, 0.15) is 5.78 Å². The second-order valence-corrected chi connectivity index (χ2v) is 5.29. The van der Waals surface area contributed by atoms with Crippen molar-refractivity contribution < 1.29 is 4.79 Å². The van der Waals surface area contributed by atoms with Crippen LogP contribution in [0.4, 0.5) is 0 Å². The van der Waals surface area contributed by atoms with Crippen molar-refractivity contribution in [2.24, 2.45) is 17.8 Å². The smallest absolute Gasteiger partial charge is 0.129 e. The van der Waals surface area contributed by atoms with Crippen molar-refractivity contribution in [3.05, 3.63) is 0 Å². The van der Waals surface area contributed by atoms with E-state index in [0.717, 1.165) is 24.7 Å². The number of carbonyl (C=O) groups excluding carboxylic acids is 1. The highest BCUT2D eigenvalue weighted by molar-refractivity contribution is 5.75. The van der Waals surface area contributed by atoms with Gasteiger partial charge in [-0.05, 0) is 31.1 Å². The Morgan fingerprint density at radius 2 is 1.53 bits per heavy atom. The van der Waals surface area contributed by atoms with Crippen LogP contribution >= 0.6 is 0 Å². The molecule has 90 valence electrons. The monoisotopic (exact) mass is 212 g/mol. The fraction of sp³-hybridized carbons (Fsp3) is 0.929. The summed E-state index contributed by atoms with van der Waals surface area (Å²) in [6.07, 6.45) is 5.76. The summed E-state index contributed by atoms with van der Waals surface area (Å²) >= 11 is 0. The van der Waals surface area contributed by atoms with Crippen LogP contribution in [-0.2, 0) is 4.79 Å². The van der Waals surface area contributed by atoms with Gasteiger partial charge >= 0.3 is 0 Å². The average molecular weight is 212 g/mol. The number of hydrogen-bond donors (Lipinski definition) is 0. The van der Waals surface area contributed by atoms with Gasteiger partial charge in [0.25, 0.3) is 0 Å². The van der Waals surface area contributed by atoms with Crippen LogP contribution < -0.4 is 0 Å². The van der Waals surface area contributed by atoms with Crippen LogP contribution in [0.1, 0.15) is 66.7 Å². The maximum absolute atomic E-state index is 10.9. The summed E-state index contributed by atoms with van der Waals surface area (Å²) in [5.74, 6) is 2.64. The minimum absolute atomic E-state index is 0.330. The predicted molar refractivity (Wildman–Crippen MR) is 66.9 cm³/mol. The lowest BCUT2D eigenvalue weighted by atomic mass is 9.85. The summed E-state index contributed by atoms with van der Waals surface area (Å²) in [4.78, 5) is 10.9. The second kappa shape index (κ2) is 7.90. The fourth-order valence-electron chi connectivity index (χ4n) is 1.75. The molecule has 0 heterocycles. The van der Waals surface area contributed by atoms with Crippen molar-refractivity contribution in [1.29, 1.82) is 0 Å². The zero-order valence-electron chi connectivity index (χ0n) is 11.2. The first kappa shape index (κ1) is 14.7. The quantitative estimate of drug-likeness (QED) is 0.581. The van der Waals surface area contributed by atoms with Crippen LogP contribution in [0.3, 0.4) is 0 Å². The van der Waals surface area contributed by atoms with Gasteiger partial charge in [-0.2, -0.15) is 0 Å². The number of ketones is 1. The molecule has 0 aliphatic carbocycles. The molecule has 0 saturated carbocycles. The van der Waals surface area contributed by atoms with Crippen LogP contribution in [0.5, 0.6) is 0 Å². The minimum Gasteiger partial charge on any atom is -0.300 e. The van der Waals surface area contributed by atoms with Crippen LogP contribution in [-0.4, -0.2) is 5.78 Å². The Bertz CT molecular complexity index is 174. The molecule has 3 atom stereocenters. The van der Waals surface area contributed by atoms with E-state index in [4.69, 9.17) is 0 Å². The summed E-state index contributed by atoms with van der Waals surface area (Å²) in [5.41, 5.74) is 0. The zero-order chi connectivity index (χ0) is 11.8. The van der Waals surface area contributed by atoms with Crippen LogP contribution in [0.15, 0.2) is 0 Å². The normalized spacial score (nSPS) is 17.1. The first-order valence-electron chi connectivity index (χ1n) is 6.46. The SMILES string of the molecule is CCC(C)CCC(C)C(C)CCC(C)=O. The van der Waals surface area contributed by atoms with Gasteiger partial charge in [0.2, 0.25) is 0 Å². The molecule has 0 aliphatic heterocycles. The third-order valence-corrected chi connectivity index (χ3v) is 3.73. The summed E-state index contributed by atoms with van der Waals surface area (Å²) in [5, 5.41) is 0. The third-order valence-electron chi connectivity index (χ3n) is 3.73. The molecule has 0 rings (SSSR count). The van der Waals surface area contributed by atoms with Crippen LogP contribution in [0.25, 0.3) is 0 Å². The topological polar surface area (TPSA) is 17.1 Å². The Kier molecular flexibility index (Phi) is 7.72. The third kappa shape index (κ3) is 7.58. The molecule has 1 heteroatoms. The lowest BCUT2D eigenvalue weighted by Crippen LogP contribution is -2.10. The molecule has 0 amide bonds. The first-order chi connectivity index (χ1) is 6.97. The highest BCUT2D eigenvalue weighted by Gasteiger charge is 2.13. The second-order valence-electron chi connectivity index (χ2n) is 5.29. The molecule has 0 N–H and O–H groups in total. The van der Waals surface area contributed by atoms with Gasteiger partial charge in [-0.1, -0.05) is 47.0 Å². The minimum atomic E-state index is 0.330. The zero-order valence-corrected chi connectivity index (χ0v) is 11.2. The number of rotatable bonds is 8. The molecular weight excluding hydrogens is 184 g/mol. The molecule has 1 nitrogen and oxygen atoms in total. The van der Waals surface area contributed by atoms with Crippen molar-refractivity contribution in [2.75, 3.05) is 0 Å². The first-order valence-corrected chi connectivity index (χ1v) is 6.46. The van der Waals surface area contributed by atoms with E-state index < -0.39 is 0 Å². The Morgan fingerprint density at radius 1 is 1.00 bits per heavy atom. The largest absolute Gasteiger partial charge is 0.300 e. The summed E-state index contributed by atoms with van der Waals surface area (Å²) in [6.45, 7) is 10.9. The molecule has 0 saturated heterocycles. The van der Waals surface area contributed by atoms with Crippen molar-refractivity contribution in [2.45, 2.75) is 66.7 Å². The number of hydrogen-bond acceptors (Lipinski definition) is 1. The average Bonchev–Trinajstić information content (AvgIpc) is 2.21. The van der Waals surface area contributed by atoms with Gasteiger partial charge in [-0.25, -0.2) is 0 Å². The van der Waals surface area contributed by atoms with E-state index in [9.17, 15) is 4.79 Å². The number of carbonyl (C=O) groups is 1. The van der Waals surface area contributed by atoms with Crippen LogP contribution in [0, 0.1) is 17.8 Å². The maximum atomic E-state index is 10.9. The molecule has 15 heavy (non-hydrogen) atoms. The number of Topliss-reactive ketones (excluding diaryl/α,β-unsaturated/α-hetero) is 1. The van der Waals surface area contributed by atoms with Gasteiger partial charge < -0.3 is 4.79 Å². The molecule has 0 aliphatic rings. The van der Waals surface area contributed by atoms with Crippen LogP contribution in [0.2, 0.25) is 0 Å². The van der Waals surface area contributed by atoms with Gasteiger partial charge in [0, 0.05) is 6.42 Å². The van der Waals surface area contributed by atoms with Gasteiger partial charge in [0.15, 0.2) is 0 Å². The summed E-state index contributed by atoms with van der Waals surface area (Å²) in [7, 11) is 0. The van der Waals surface area contributed by atoms with Crippen molar-refractivity contribution in [1.82, 2.24) is 0 Å². The van der Waals surface area contributed by atoms with Crippen molar-refractivity contribution >= 4 is 5.78 Å². The lowest BCUT2D eigenvalue weighted by Gasteiger charge is -2.20. The van der Waals surface area contributed by atoms with E-state index in [1.165, 1.54) is 19.3 Å². The standard InChI is InChI=1S/C14H28O/c1-6-11(2)7-8-12(3)13(4)9-10-14(5)15/h11-13H,6-10H2,1-5H3. The Labute approximate surface area is 95.6 Å². The Balaban J connectivity index is 3.68. The van der Waals surface area contributed by atoms with E-state index >= 15 is 0 Å². The van der Waals surface area contributed by atoms with E-state index in [1.807, 2.05) is 0 Å². The van der Waals surface area contributed by atoms with E-state index in [2.05, 4.69) is 27.7 Å². The van der Waals surface area contributed by atoms with Gasteiger partial charge in [-0.15, -0.1) is 0 Å². The molecule has 0 aromatic rings. The van der Waals surface area contributed by atoms with E-state index in [1.54, 1.807) is 6.92 Å². The Hall–Kier alpha value is -0.330. The Morgan fingerprint density at radius 3 is 2.00 bits per heavy atom. The van der Waals surface area contributed by atoms with Gasteiger partial charge in [-0.3, -0.25) is 0 Å². The van der Waals surface area contributed by atoms with Crippen molar-refractivity contribution in [3.8, 4) is 0 Å². The maximum Gasteiger partial charge on any atom is 0.129 e. The molecule has 3 unspecified atom stereocenters. The molecule has 0 radical (unpaired) electrons. The molecule has 0 spiro atoms. The van der Waals surface area contributed by atoms with E-state index in [-0.39, 0.29) is 0 Å². The predicted octanol–water partition coefficient (Wildman–Crippen LogP) is 4.45. The molecule has 0 aromatic heterocycles. The summed E-state index contributed by atoms with van der Waals surface area (Å²) < 4.78 is 0. The highest BCUT2D eigenvalue weighted by Crippen LogP contribution is 2.24. The molecule has 0 fully saturated rings. The van der Waals surface area contributed by atoms with Gasteiger partial charge in [0.05, 0.1) is 0 Å². The molecule has 0 bridgehead atoms. The summed E-state index contributed by atoms with van der Waals surface area (Å²) in [6, 6.07) is 0. The lowest BCUT2D eigenvalue weighted by molar-refractivity contribution is -0.117. The molecule has 0 aromatic carbocycles. The molecular formula is C14H28O. The fourth-order valence-corrected chi connectivity index (χ4v) is 1.75. The highest BCUT2D eigenvalue weighted by atomic mass is 16.1. The van der Waals surface area contributed by atoms with Crippen molar-refractivity contribution in [3.63, 3.8) is 0 Å². The van der Waals surface area contributed by atoms with E-state index in [0.29, 0.717) is 11.7 Å².